The molecule has 1 heterocycles. The zero-order valence-corrected chi connectivity index (χ0v) is 19.6. The first-order valence-corrected chi connectivity index (χ1v) is 11.8. The summed E-state index contributed by atoms with van der Waals surface area (Å²) in [5.41, 5.74) is 1.62. The van der Waals surface area contributed by atoms with Crippen molar-refractivity contribution in [1.82, 2.24) is 9.80 Å². The molecular formula is C23H31N3O4S. The van der Waals surface area contributed by atoms with Crippen LogP contribution in [0.3, 0.4) is 0 Å². The van der Waals surface area contributed by atoms with E-state index in [0.717, 1.165) is 18.4 Å². The van der Waals surface area contributed by atoms with Gasteiger partial charge in [-0.05, 0) is 63.7 Å². The largest absolute Gasteiger partial charge is 0.495 e. The number of anilines is 1. The van der Waals surface area contributed by atoms with Gasteiger partial charge in [0.15, 0.2) is 0 Å². The fourth-order valence-corrected chi connectivity index (χ4v) is 5.13. The third kappa shape index (κ3) is 4.70. The van der Waals surface area contributed by atoms with E-state index in [1.807, 2.05) is 25.9 Å². The molecule has 0 spiro atoms. The van der Waals surface area contributed by atoms with E-state index in [9.17, 15) is 13.2 Å². The molecule has 1 aliphatic heterocycles. The third-order valence-electron chi connectivity index (χ3n) is 5.94. The van der Waals surface area contributed by atoms with Crippen LogP contribution < -0.4 is 9.04 Å². The van der Waals surface area contributed by atoms with Crippen molar-refractivity contribution in [3.63, 3.8) is 0 Å². The molecule has 1 saturated heterocycles. The highest BCUT2D eigenvalue weighted by Gasteiger charge is 2.29. The van der Waals surface area contributed by atoms with Crippen LogP contribution in [0.5, 0.6) is 5.75 Å². The van der Waals surface area contributed by atoms with Gasteiger partial charge in [-0.15, -0.1) is 0 Å². The molecule has 1 unspecified atom stereocenters. The first kappa shape index (κ1) is 23.1. The zero-order chi connectivity index (χ0) is 22.8. The number of ether oxygens (including phenoxy) is 1. The third-order valence-corrected chi connectivity index (χ3v) is 7.70. The summed E-state index contributed by atoms with van der Waals surface area (Å²) in [5.74, 6) is 0.334. The minimum Gasteiger partial charge on any atom is -0.495 e. The fourth-order valence-electron chi connectivity index (χ4n) is 3.90. The number of likely N-dealkylation sites (N-methyl/N-ethyl adjacent to an activating group) is 1. The molecule has 0 N–H and O–H groups in total. The number of benzene rings is 2. The van der Waals surface area contributed by atoms with Crippen molar-refractivity contribution in [2.75, 3.05) is 45.6 Å². The number of para-hydroxylation sites is 2. The van der Waals surface area contributed by atoms with Crippen LogP contribution in [-0.2, 0) is 10.0 Å². The number of hydrogen-bond acceptors (Lipinski definition) is 5. The second-order valence-electron chi connectivity index (χ2n) is 8.13. The average molecular weight is 446 g/mol. The lowest BCUT2D eigenvalue weighted by Crippen LogP contribution is -2.47. The number of carbonyl (C=O) groups is 1. The van der Waals surface area contributed by atoms with Gasteiger partial charge in [0.25, 0.3) is 15.9 Å². The van der Waals surface area contributed by atoms with E-state index in [1.165, 1.54) is 24.5 Å². The highest BCUT2D eigenvalue weighted by molar-refractivity contribution is 7.92. The second-order valence-corrected chi connectivity index (χ2v) is 10.1. The Hall–Kier alpha value is -2.58. The summed E-state index contributed by atoms with van der Waals surface area (Å²) in [6.07, 6.45) is 1.98. The number of aryl methyl sites for hydroxylation is 1. The Labute approximate surface area is 185 Å². The van der Waals surface area contributed by atoms with Crippen molar-refractivity contribution >= 4 is 21.6 Å². The highest BCUT2D eigenvalue weighted by Crippen LogP contribution is 2.31. The normalized spacial score (nSPS) is 17.0. The summed E-state index contributed by atoms with van der Waals surface area (Å²) < 4.78 is 33.2. The standard InChI is InChI=1S/C23H31N3O4S/c1-17-12-13-19(31(28,29)25(4)21-10-6-7-11-22(21)30-5)15-20(17)23(27)26-14-8-9-18(16-26)24(2)3/h6-7,10-13,15,18H,8-9,14,16H2,1-5H3. The quantitative estimate of drug-likeness (QED) is 0.684. The maximum atomic E-state index is 13.3. The number of rotatable bonds is 6. The first-order valence-electron chi connectivity index (χ1n) is 10.3. The topological polar surface area (TPSA) is 70.2 Å². The second kappa shape index (κ2) is 9.28. The summed E-state index contributed by atoms with van der Waals surface area (Å²) in [7, 11) is 3.15. The summed E-state index contributed by atoms with van der Waals surface area (Å²) in [4.78, 5) is 17.3. The van der Waals surface area contributed by atoms with Crippen molar-refractivity contribution in [3.05, 3.63) is 53.6 Å². The molecule has 2 aromatic carbocycles. The Morgan fingerprint density at radius 3 is 2.52 bits per heavy atom. The lowest BCUT2D eigenvalue weighted by atomic mass is 10.0. The van der Waals surface area contributed by atoms with E-state index in [0.29, 0.717) is 36.1 Å². The van der Waals surface area contributed by atoms with Crippen molar-refractivity contribution in [3.8, 4) is 5.75 Å². The smallest absolute Gasteiger partial charge is 0.264 e. The van der Waals surface area contributed by atoms with E-state index in [-0.39, 0.29) is 10.8 Å². The minimum absolute atomic E-state index is 0.0797. The molecule has 3 rings (SSSR count). The Balaban J connectivity index is 1.93. The van der Waals surface area contributed by atoms with Gasteiger partial charge in [-0.25, -0.2) is 8.42 Å². The van der Waals surface area contributed by atoms with E-state index < -0.39 is 10.0 Å². The molecule has 0 radical (unpaired) electrons. The minimum atomic E-state index is -3.88. The Bertz CT molecular complexity index is 1050. The molecule has 0 bridgehead atoms. The summed E-state index contributed by atoms with van der Waals surface area (Å²) in [6.45, 7) is 3.16. The van der Waals surface area contributed by atoms with E-state index >= 15 is 0 Å². The number of amides is 1. The van der Waals surface area contributed by atoms with Gasteiger partial charge in [-0.2, -0.15) is 0 Å². The van der Waals surface area contributed by atoms with Crippen LogP contribution in [0.25, 0.3) is 0 Å². The van der Waals surface area contributed by atoms with Crippen molar-refractivity contribution in [2.24, 2.45) is 0 Å². The van der Waals surface area contributed by atoms with Gasteiger partial charge in [-0.1, -0.05) is 18.2 Å². The fraction of sp³-hybridized carbons (Fsp3) is 0.435. The number of nitrogens with zero attached hydrogens (tertiary/aromatic N) is 3. The van der Waals surface area contributed by atoms with Crippen molar-refractivity contribution < 1.29 is 17.9 Å². The lowest BCUT2D eigenvalue weighted by Gasteiger charge is -2.36. The molecule has 7 nitrogen and oxygen atoms in total. The average Bonchev–Trinajstić information content (AvgIpc) is 2.78. The Morgan fingerprint density at radius 2 is 1.84 bits per heavy atom. The van der Waals surface area contributed by atoms with Gasteiger partial charge in [-0.3, -0.25) is 9.10 Å². The molecular weight excluding hydrogens is 414 g/mol. The van der Waals surface area contributed by atoms with E-state index in [4.69, 9.17) is 4.74 Å². The van der Waals surface area contributed by atoms with Gasteiger partial charge < -0.3 is 14.5 Å². The Morgan fingerprint density at radius 1 is 1.13 bits per heavy atom. The summed E-state index contributed by atoms with van der Waals surface area (Å²) in [6, 6.07) is 12.0. The van der Waals surface area contributed by atoms with Gasteiger partial charge in [0.2, 0.25) is 0 Å². The number of sulfonamides is 1. The van der Waals surface area contributed by atoms with Crippen LogP contribution in [0, 0.1) is 6.92 Å². The maximum Gasteiger partial charge on any atom is 0.264 e. The summed E-state index contributed by atoms with van der Waals surface area (Å²) in [5, 5.41) is 0. The number of methoxy groups -OCH3 is 1. The number of piperidine rings is 1. The molecule has 1 atom stereocenters. The number of hydrogen-bond donors (Lipinski definition) is 0. The Kier molecular flexibility index (Phi) is 6.91. The SMILES string of the molecule is COc1ccccc1N(C)S(=O)(=O)c1ccc(C)c(C(=O)N2CCCC(N(C)C)C2)c1. The lowest BCUT2D eigenvalue weighted by molar-refractivity contribution is 0.0634. The van der Waals surface area contributed by atoms with Crippen LogP contribution >= 0.6 is 0 Å². The molecule has 168 valence electrons. The van der Waals surface area contributed by atoms with Crippen LogP contribution in [0.15, 0.2) is 47.4 Å². The van der Waals surface area contributed by atoms with Crippen molar-refractivity contribution in [1.29, 1.82) is 0 Å². The van der Waals surface area contributed by atoms with E-state index in [2.05, 4.69) is 4.90 Å². The molecule has 1 aliphatic rings. The molecule has 0 aliphatic carbocycles. The molecule has 1 fully saturated rings. The molecule has 0 saturated carbocycles. The number of likely N-dealkylation sites (tertiary alicyclic amines) is 1. The molecule has 2 aromatic rings. The molecule has 31 heavy (non-hydrogen) atoms. The van der Waals surface area contributed by atoms with Gasteiger partial charge in [0, 0.05) is 31.7 Å². The molecule has 8 heteroatoms. The van der Waals surface area contributed by atoms with Crippen LogP contribution in [-0.4, -0.2) is 71.5 Å². The monoisotopic (exact) mass is 445 g/mol. The van der Waals surface area contributed by atoms with Gasteiger partial charge >= 0.3 is 0 Å². The van der Waals surface area contributed by atoms with Crippen LogP contribution in [0.4, 0.5) is 5.69 Å². The predicted octanol–water partition coefficient (Wildman–Crippen LogP) is 2.99. The summed E-state index contributed by atoms with van der Waals surface area (Å²) >= 11 is 0. The first-order chi connectivity index (χ1) is 14.7. The predicted molar refractivity (Wildman–Crippen MR) is 122 cm³/mol. The van der Waals surface area contributed by atoms with E-state index in [1.54, 1.807) is 36.4 Å². The van der Waals surface area contributed by atoms with Crippen molar-refractivity contribution in [2.45, 2.75) is 30.7 Å². The maximum absolute atomic E-state index is 13.3. The zero-order valence-electron chi connectivity index (χ0n) is 18.8. The number of carbonyl (C=O) groups excluding carboxylic acids is 1. The van der Waals surface area contributed by atoms with Crippen LogP contribution in [0.1, 0.15) is 28.8 Å². The van der Waals surface area contributed by atoms with Gasteiger partial charge in [0.05, 0.1) is 17.7 Å². The van der Waals surface area contributed by atoms with Crippen LogP contribution in [0.2, 0.25) is 0 Å². The highest BCUT2D eigenvalue weighted by atomic mass is 32.2. The van der Waals surface area contributed by atoms with Gasteiger partial charge in [0.1, 0.15) is 5.75 Å². The molecule has 1 amide bonds. The molecule has 0 aromatic heterocycles.